The molecule has 0 saturated carbocycles. The van der Waals surface area contributed by atoms with Crippen molar-refractivity contribution in [1.29, 1.82) is 0 Å². The summed E-state index contributed by atoms with van der Waals surface area (Å²) >= 11 is 3.28. The number of benzene rings is 1. The van der Waals surface area contributed by atoms with E-state index in [4.69, 9.17) is 0 Å². The molecule has 1 amide bonds. The van der Waals surface area contributed by atoms with Crippen molar-refractivity contribution in [1.82, 2.24) is 5.32 Å². The van der Waals surface area contributed by atoms with Crippen LogP contribution < -0.4 is 10.6 Å². The fraction of sp³-hybridized carbons (Fsp3) is 0.364. The van der Waals surface area contributed by atoms with Crippen molar-refractivity contribution in [2.24, 2.45) is 0 Å². The van der Waals surface area contributed by atoms with E-state index in [0.717, 1.165) is 17.4 Å². The highest BCUT2D eigenvalue weighted by molar-refractivity contribution is 9.10. The quantitative estimate of drug-likeness (QED) is 0.576. The summed E-state index contributed by atoms with van der Waals surface area (Å²) in [4.78, 5) is 11.5. The highest BCUT2D eigenvalue weighted by atomic mass is 79.9. The van der Waals surface area contributed by atoms with Crippen molar-refractivity contribution in [2.45, 2.75) is 12.8 Å². The largest absolute Gasteiger partial charge is 0.506 e. The van der Waals surface area contributed by atoms with Gasteiger partial charge in [-0.25, -0.2) is 0 Å². The van der Waals surface area contributed by atoms with E-state index < -0.39 is 0 Å². The first-order chi connectivity index (χ1) is 7.63. The highest BCUT2D eigenvalue weighted by Crippen LogP contribution is 2.26. The van der Waals surface area contributed by atoms with Crippen molar-refractivity contribution >= 4 is 39.9 Å². The minimum Gasteiger partial charge on any atom is -0.506 e. The Morgan fingerprint density at radius 3 is 2.82 bits per heavy atom. The molecule has 3 N–H and O–H groups in total. The summed E-state index contributed by atoms with van der Waals surface area (Å²) in [5.41, 5.74) is 0.434. The van der Waals surface area contributed by atoms with Crippen LogP contribution >= 0.6 is 28.3 Å². The average molecular weight is 324 g/mol. The first-order valence-electron chi connectivity index (χ1n) is 5.06. The van der Waals surface area contributed by atoms with E-state index in [1.54, 1.807) is 12.1 Å². The molecule has 0 atom stereocenters. The molecule has 0 radical (unpaired) electrons. The normalized spacial score (nSPS) is 9.53. The average Bonchev–Trinajstić information content (AvgIpc) is 2.24. The van der Waals surface area contributed by atoms with Crippen molar-refractivity contribution in [3.63, 3.8) is 0 Å². The number of phenolic OH excluding ortho intramolecular Hbond substituents is 1. The van der Waals surface area contributed by atoms with Gasteiger partial charge in [-0.3, -0.25) is 4.79 Å². The van der Waals surface area contributed by atoms with Crippen LogP contribution in [0.2, 0.25) is 0 Å². The fourth-order valence-electron chi connectivity index (χ4n) is 1.25. The minimum absolute atomic E-state index is 0. The standard InChI is InChI=1S/C11H15BrN2O2.ClH/c1-13-6-2-3-11(16)14-9-7-8(12)4-5-10(9)15;/h4-5,7,13,15H,2-3,6H2,1H3,(H,14,16);1H. The number of phenols is 1. The minimum atomic E-state index is -0.0938. The molecular weight excluding hydrogens is 307 g/mol. The number of halogens is 2. The predicted molar refractivity (Wildman–Crippen MR) is 74.8 cm³/mol. The highest BCUT2D eigenvalue weighted by Gasteiger charge is 2.06. The van der Waals surface area contributed by atoms with Gasteiger partial charge in [0.05, 0.1) is 5.69 Å². The van der Waals surface area contributed by atoms with Crippen LogP contribution in [-0.4, -0.2) is 24.6 Å². The van der Waals surface area contributed by atoms with Gasteiger partial charge in [0.2, 0.25) is 5.91 Å². The SMILES string of the molecule is CNCCCC(=O)Nc1cc(Br)ccc1O.Cl. The van der Waals surface area contributed by atoms with Crippen LogP contribution in [0.25, 0.3) is 0 Å². The van der Waals surface area contributed by atoms with Gasteiger partial charge in [-0.05, 0) is 38.2 Å². The second-order valence-electron chi connectivity index (χ2n) is 3.42. The number of carbonyl (C=O) groups excluding carboxylic acids is 1. The maximum atomic E-state index is 11.5. The molecule has 4 nitrogen and oxygen atoms in total. The molecule has 0 aliphatic heterocycles. The van der Waals surface area contributed by atoms with E-state index in [2.05, 4.69) is 26.6 Å². The molecule has 96 valence electrons. The van der Waals surface area contributed by atoms with Crippen LogP contribution in [0.5, 0.6) is 5.75 Å². The molecular formula is C11H16BrClN2O2. The Balaban J connectivity index is 0.00000256. The fourth-order valence-corrected chi connectivity index (χ4v) is 1.61. The molecule has 0 saturated heterocycles. The third-order valence-corrected chi connectivity index (χ3v) is 2.56. The maximum Gasteiger partial charge on any atom is 0.224 e. The van der Waals surface area contributed by atoms with Crippen LogP contribution in [0.4, 0.5) is 5.69 Å². The molecule has 0 aromatic heterocycles. The number of amides is 1. The zero-order chi connectivity index (χ0) is 12.0. The molecule has 0 aliphatic carbocycles. The monoisotopic (exact) mass is 322 g/mol. The summed E-state index contributed by atoms with van der Waals surface area (Å²) < 4.78 is 0.816. The number of rotatable bonds is 5. The second kappa shape index (κ2) is 8.33. The Hall–Kier alpha value is -0.780. The van der Waals surface area contributed by atoms with Crippen molar-refractivity contribution in [3.8, 4) is 5.75 Å². The van der Waals surface area contributed by atoms with Gasteiger partial charge in [0.15, 0.2) is 0 Å². The van der Waals surface area contributed by atoms with Crippen LogP contribution in [0, 0.1) is 0 Å². The molecule has 1 rings (SSSR count). The lowest BCUT2D eigenvalue weighted by Gasteiger charge is -2.07. The van der Waals surface area contributed by atoms with Crippen LogP contribution in [0.1, 0.15) is 12.8 Å². The van der Waals surface area contributed by atoms with Gasteiger partial charge in [-0.1, -0.05) is 15.9 Å². The molecule has 0 bridgehead atoms. The zero-order valence-corrected chi connectivity index (χ0v) is 11.9. The zero-order valence-electron chi connectivity index (χ0n) is 9.50. The van der Waals surface area contributed by atoms with Crippen LogP contribution in [0.15, 0.2) is 22.7 Å². The molecule has 0 heterocycles. The molecule has 6 heteroatoms. The van der Waals surface area contributed by atoms with E-state index >= 15 is 0 Å². The Labute approximate surface area is 115 Å². The Kier molecular flexibility index (Phi) is 7.95. The smallest absolute Gasteiger partial charge is 0.224 e. The topological polar surface area (TPSA) is 61.4 Å². The number of hydrogen-bond acceptors (Lipinski definition) is 3. The summed E-state index contributed by atoms with van der Waals surface area (Å²) in [6.45, 7) is 0.803. The summed E-state index contributed by atoms with van der Waals surface area (Å²) in [7, 11) is 1.85. The van der Waals surface area contributed by atoms with Crippen LogP contribution in [-0.2, 0) is 4.79 Å². The molecule has 0 aliphatic rings. The van der Waals surface area contributed by atoms with Gasteiger partial charge in [0, 0.05) is 10.9 Å². The molecule has 0 fully saturated rings. The Bertz CT molecular complexity index is 374. The summed E-state index contributed by atoms with van der Waals surface area (Å²) in [5, 5.41) is 15.1. The van der Waals surface area contributed by atoms with Gasteiger partial charge < -0.3 is 15.7 Å². The van der Waals surface area contributed by atoms with Gasteiger partial charge in [-0.2, -0.15) is 0 Å². The van der Waals surface area contributed by atoms with Gasteiger partial charge in [0.1, 0.15) is 5.75 Å². The Morgan fingerprint density at radius 1 is 1.47 bits per heavy atom. The second-order valence-corrected chi connectivity index (χ2v) is 4.33. The first-order valence-corrected chi connectivity index (χ1v) is 5.85. The summed E-state index contributed by atoms with van der Waals surface area (Å²) in [5.74, 6) is -0.0196. The Morgan fingerprint density at radius 2 is 2.18 bits per heavy atom. The predicted octanol–water partition coefficient (Wildman–Crippen LogP) is 2.51. The molecule has 1 aromatic rings. The van der Waals surface area contributed by atoms with Crippen molar-refractivity contribution in [2.75, 3.05) is 18.9 Å². The lowest BCUT2D eigenvalue weighted by Crippen LogP contribution is -2.15. The van der Waals surface area contributed by atoms with Crippen LogP contribution in [0.3, 0.4) is 0 Å². The summed E-state index contributed by atoms with van der Waals surface area (Å²) in [6.07, 6.45) is 1.21. The van der Waals surface area contributed by atoms with E-state index in [-0.39, 0.29) is 24.1 Å². The third-order valence-electron chi connectivity index (χ3n) is 2.06. The summed E-state index contributed by atoms with van der Waals surface area (Å²) in [6, 6.07) is 4.92. The lowest BCUT2D eigenvalue weighted by atomic mass is 10.2. The van der Waals surface area contributed by atoms with Crippen molar-refractivity contribution < 1.29 is 9.90 Å². The van der Waals surface area contributed by atoms with E-state index in [0.29, 0.717) is 12.1 Å². The number of aromatic hydroxyl groups is 1. The van der Waals surface area contributed by atoms with E-state index in [1.807, 2.05) is 7.05 Å². The molecule has 17 heavy (non-hydrogen) atoms. The molecule has 1 aromatic carbocycles. The van der Waals surface area contributed by atoms with Gasteiger partial charge in [0.25, 0.3) is 0 Å². The van der Waals surface area contributed by atoms with Gasteiger partial charge in [-0.15, -0.1) is 12.4 Å². The number of nitrogens with one attached hydrogen (secondary N) is 2. The number of carbonyl (C=O) groups is 1. The van der Waals surface area contributed by atoms with E-state index in [9.17, 15) is 9.90 Å². The van der Waals surface area contributed by atoms with E-state index in [1.165, 1.54) is 6.07 Å². The van der Waals surface area contributed by atoms with Crippen molar-refractivity contribution in [3.05, 3.63) is 22.7 Å². The molecule has 0 spiro atoms. The number of hydrogen-bond donors (Lipinski definition) is 3. The first kappa shape index (κ1) is 16.2. The number of anilines is 1. The van der Waals surface area contributed by atoms with Gasteiger partial charge >= 0.3 is 0 Å². The maximum absolute atomic E-state index is 11.5. The molecule has 0 unspecified atom stereocenters. The lowest BCUT2D eigenvalue weighted by molar-refractivity contribution is -0.116. The third kappa shape index (κ3) is 5.91.